The lowest BCUT2D eigenvalue weighted by Crippen LogP contribution is -2.37. The lowest BCUT2D eigenvalue weighted by Gasteiger charge is -2.16. The second kappa shape index (κ2) is 7.51. The molecule has 1 amide bonds. The number of ether oxygens (including phenoxy) is 1. The average molecular weight is 386 g/mol. The van der Waals surface area contributed by atoms with Gasteiger partial charge in [-0.15, -0.1) is 0 Å². The van der Waals surface area contributed by atoms with E-state index in [9.17, 15) is 9.59 Å². The predicted molar refractivity (Wildman–Crippen MR) is 92.6 cm³/mol. The van der Waals surface area contributed by atoms with E-state index in [1.165, 1.54) is 0 Å². The number of Topliss-reactive ketones (excluding diaryl/α,β-unsaturated/α-hetero) is 1. The minimum absolute atomic E-state index is 0.0525. The van der Waals surface area contributed by atoms with Gasteiger partial charge in [-0.25, -0.2) is 0 Å². The minimum Gasteiger partial charge on any atom is -0.494 e. The zero-order valence-electron chi connectivity index (χ0n) is 12.9. The van der Waals surface area contributed by atoms with Gasteiger partial charge in [0.25, 0.3) is 0 Å². The van der Waals surface area contributed by atoms with Crippen molar-refractivity contribution in [3.05, 3.63) is 28.2 Å². The first kappa shape index (κ1) is 17.3. The summed E-state index contributed by atoms with van der Waals surface area (Å²) in [6, 6.07) is 4.97. The van der Waals surface area contributed by atoms with Gasteiger partial charge in [-0.2, -0.15) is 11.8 Å². The molecule has 1 heterocycles. The molecule has 1 saturated heterocycles. The van der Waals surface area contributed by atoms with Crippen LogP contribution in [0.1, 0.15) is 32.3 Å². The van der Waals surface area contributed by atoms with Crippen molar-refractivity contribution in [3.63, 3.8) is 0 Å². The molecular formula is C16H20BrNO3S. The van der Waals surface area contributed by atoms with Crippen LogP contribution in [0.4, 0.5) is 0 Å². The van der Waals surface area contributed by atoms with Crippen LogP contribution in [-0.4, -0.2) is 35.3 Å². The Hall–Kier alpha value is -1.01. The van der Waals surface area contributed by atoms with Gasteiger partial charge >= 0.3 is 0 Å². The number of ketones is 1. The van der Waals surface area contributed by atoms with Crippen molar-refractivity contribution in [1.82, 2.24) is 5.32 Å². The number of benzene rings is 1. The van der Waals surface area contributed by atoms with Crippen LogP contribution in [-0.2, 0) is 9.59 Å². The van der Waals surface area contributed by atoms with Gasteiger partial charge in [0.15, 0.2) is 5.78 Å². The van der Waals surface area contributed by atoms with E-state index >= 15 is 0 Å². The molecule has 120 valence electrons. The predicted octanol–water partition coefficient (Wildman–Crippen LogP) is 3.14. The van der Waals surface area contributed by atoms with E-state index in [1.54, 1.807) is 30.0 Å². The Morgan fingerprint density at radius 3 is 2.68 bits per heavy atom. The summed E-state index contributed by atoms with van der Waals surface area (Å²) < 4.78 is 6.16. The van der Waals surface area contributed by atoms with Crippen LogP contribution < -0.4 is 10.1 Å². The van der Waals surface area contributed by atoms with Gasteiger partial charge in [0.05, 0.1) is 6.61 Å². The van der Waals surface area contributed by atoms with Gasteiger partial charge in [-0.3, -0.25) is 9.59 Å². The van der Waals surface area contributed by atoms with E-state index in [2.05, 4.69) is 21.2 Å². The number of amides is 1. The Morgan fingerprint density at radius 2 is 2.09 bits per heavy atom. The molecule has 3 unspecified atom stereocenters. The van der Waals surface area contributed by atoms with Gasteiger partial charge in [-0.1, -0.05) is 35.8 Å². The third-order valence-corrected chi connectivity index (χ3v) is 5.46. The first-order valence-electron chi connectivity index (χ1n) is 7.37. The van der Waals surface area contributed by atoms with E-state index in [4.69, 9.17) is 4.74 Å². The van der Waals surface area contributed by atoms with Gasteiger partial charge in [0.2, 0.25) is 5.91 Å². The van der Waals surface area contributed by atoms with Crippen LogP contribution in [0.3, 0.4) is 0 Å². The molecule has 1 fully saturated rings. The number of carbonyl (C=O) groups is 2. The summed E-state index contributed by atoms with van der Waals surface area (Å²) >= 11 is 5.13. The van der Waals surface area contributed by atoms with Crippen molar-refractivity contribution in [2.45, 2.75) is 38.0 Å². The molecule has 1 N–H and O–H groups in total. The second-order valence-corrected chi connectivity index (χ2v) is 7.61. The maximum Gasteiger partial charge on any atom is 0.235 e. The summed E-state index contributed by atoms with van der Waals surface area (Å²) in [5.74, 6) is 0.621. The molecule has 0 saturated carbocycles. The summed E-state index contributed by atoms with van der Waals surface area (Å²) in [6.45, 7) is 6.51. The molecule has 1 aromatic carbocycles. The summed E-state index contributed by atoms with van der Waals surface area (Å²) in [5.41, 5.74) is 0.696. The number of carbonyl (C=O) groups excluding carboxylic acids is 2. The highest BCUT2D eigenvalue weighted by atomic mass is 79.9. The number of hydrogen-bond acceptors (Lipinski definition) is 4. The molecule has 0 aliphatic carbocycles. The molecule has 6 heteroatoms. The monoisotopic (exact) mass is 385 g/mol. The van der Waals surface area contributed by atoms with Crippen molar-refractivity contribution in [1.29, 1.82) is 0 Å². The van der Waals surface area contributed by atoms with E-state index in [-0.39, 0.29) is 16.9 Å². The Labute approximate surface area is 143 Å². The van der Waals surface area contributed by atoms with Crippen LogP contribution in [0.15, 0.2) is 22.7 Å². The molecule has 1 aromatic rings. The summed E-state index contributed by atoms with van der Waals surface area (Å²) in [5, 5.41) is 2.92. The number of thioether (sulfide) groups is 1. The zero-order chi connectivity index (χ0) is 16.3. The van der Waals surface area contributed by atoms with Crippen LogP contribution in [0, 0.1) is 0 Å². The Balaban J connectivity index is 2.25. The van der Waals surface area contributed by atoms with Crippen molar-refractivity contribution < 1.29 is 14.3 Å². The maximum absolute atomic E-state index is 12.6. The van der Waals surface area contributed by atoms with Gasteiger partial charge in [-0.05, 0) is 30.4 Å². The highest BCUT2D eigenvalue weighted by Gasteiger charge is 2.44. The van der Waals surface area contributed by atoms with Gasteiger partial charge in [0, 0.05) is 9.72 Å². The highest BCUT2D eigenvalue weighted by molar-refractivity contribution is 9.10. The Morgan fingerprint density at radius 1 is 1.36 bits per heavy atom. The van der Waals surface area contributed by atoms with Crippen molar-refractivity contribution in [2.75, 3.05) is 12.4 Å². The molecule has 0 bridgehead atoms. The minimum atomic E-state index is -0.741. The number of halogens is 1. The maximum atomic E-state index is 12.6. The lowest BCUT2D eigenvalue weighted by atomic mass is 9.93. The standard InChI is InChI=1S/C16H20BrNO3S/c1-4-21-10-6-7-11(12(17)8-10)13-15(19)14(18-16(13)20)9(3)22-5-2/h6-9,13-14H,4-5H2,1-3H3,(H,18,20). The molecule has 22 heavy (non-hydrogen) atoms. The first-order valence-corrected chi connectivity index (χ1v) is 9.21. The van der Waals surface area contributed by atoms with Crippen molar-refractivity contribution in [3.8, 4) is 5.75 Å². The fourth-order valence-electron chi connectivity index (χ4n) is 2.62. The largest absolute Gasteiger partial charge is 0.494 e. The fourth-order valence-corrected chi connectivity index (χ4v) is 4.12. The molecule has 1 aliphatic rings. The number of rotatable bonds is 6. The summed E-state index contributed by atoms with van der Waals surface area (Å²) in [7, 11) is 0. The van der Waals surface area contributed by atoms with Gasteiger partial charge < -0.3 is 10.1 Å². The molecule has 2 rings (SSSR count). The third-order valence-electron chi connectivity index (χ3n) is 3.64. The highest BCUT2D eigenvalue weighted by Crippen LogP contribution is 2.34. The van der Waals surface area contributed by atoms with E-state index in [0.717, 1.165) is 16.0 Å². The van der Waals surface area contributed by atoms with Gasteiger partial charge in [0.1, 0.15) is 17.7 Å². The smallest absolute Gasteiger partial charge is 0.235 e. The number of nitrogens with one attached hydrogen (secondary N) is 1. The van der Waals surface area contributed by atoms with E-state index in [0.29, 0.717) is 12.2 Å². The lowest BCUT2D eigenvalue weighted by molar-refractivity contribution is -0.124. The molecule has 1 aliphatic heterocycles. The summed E-state index contributed by atoms with van der Waals surface area (Å²) in [4.78, 5) is 24.9. The molecule has 3 atom stereocenters. The van der Waals surface area contributed by atoms with E-state index < -0.39 is 12.0 Å². The SMILES string of the molecule is CCOc1ccc(C2C(=O)NC(C(C)SCC)C2=O)c(Br)c1. The van der Waals surface area contributed by atoms with Crippen LogP contribution in [0.5, 0.6) is 5.75 Å². The van der Waals surface area contributed by atoms with Crippen LogP contribution in [0.2, 0.25) is 0 Å². The molecule has 0 spiro atoms. The van der Waals surface area contributed by atoms with Crippen LogP contribution >= 0.6 is 27.7 Å². The Bertz CT molecular complexity index is 579. The van der Waals surface area contributed by atoms with Crippen LogP contribution in [0.25, 0.3) is 0 Å². The van der Waals surface area contributed by atoms with Crippen molar-refractivity contribution >= 4 is 39.4 Å². The molecule has 0 aromatic heterocycles. The third kappa shape index (κ3) is 3.49. The first-order chi connectivity index (χ1) is 10.5. The molecular weight excluding hydrogens is 366 g/mol. The number of hydrogen-bond donors (Lipinski definition) is 1. The van der Waals surface area contributed by atoms with Crippen molar-refractivity contribution in [2.24, 2.45) is 0 Å². The van der Waals surface area contributed by atoms with E-state index in [1.807, 2.05) is 20.8 Å². The normalized spacial score (nSPS) is 22.5. The fraction of sp³-hybridized carbons (Fsp3) is 0.500. The Kier molecular flexibility index (Phi) is 5.92. The topological polar surface area (TPSA) is 55.4 Å². The second-order valence-electron chi connectivity index (χ2n) is 5.10. The summed E-state index contributed by atoms with van der Waals surface area (Å²) in [6.07, 6.45) is 0. The molecule has 0 radical (unpaired) electrons. The zero-order valence-corrected chi connectivity index (χ0v) is 15.3. The molecule has 4 nitrogen and oxygen atoms in total. The quantitative estimate of drug-likeness (QED) is 0.764. The average Bonchev–Trinajstić information content (AvgIpc) is 2.76.